The topological polar surface area (TPSA) is 137 Å². The molecule has 0 bridgehead atoms. The van der Waals surface area contributed by atoms with Crippen LogP contribution in [0, 0.1) is 0 Å². The van der Waals surface area contributed by atoms with Gasteiger partial charge in [0.25, 0.3) is 5.91 Å². The Morgan fingerprint density at radius 3 is 2.64 bits per heavy atom. The fourth-order valence-corrected chi connectivity index (χ4v) is 6.09. The van der Waals surface area contributed by atoms with Gasteiger partial charge in [-0.15, -0.1) is 0 Å². The minimum atomic E-state index is -4.14. The summed E-state index contributed by atoms with van der Waals surface area (Å²) in [6, 6.07) is 16.2. The van der Waals surface area contributed by atoms with E-state index < -0.39 is 19.8 Å². The van der Waals surface area contributed by atoms with E-state index in [4.69, 9.17) is 41.7 Å². The quantitative estimate of drug-likeness (QED) is 0.164. The molecule has 11 nitrogen and oxygen atoms in total. The largest absolute Gasteiger partial charge is 0.496 e. The normalized spacial score (nSPS) is 19.1. The Morgan fingerprint density at radius 1 is 1.05 bits per heavy atom. The average molecular weight is 655 g/mol. The third kappa shape index (κ3) is 6.76. The molecule has 1 aromatic heterocycles. The molecule has 1 aliphatic heterocycles. The molecule has 3 amide bonds. The third-order valence-corrected chi connectivity index (χ3v) is 8.65. The Balaban J connectivity index is 1.23. The monoisotopic (exact) mass is 654 g/mol. The number of halogens is 2. The van der Waals surface area contributed by atoms with Crippen molar-refractivity contribution in [1.29, 1.82) is 0 Å². The second kappa shape index (κ2) is 12.4. The number of urea groups is 1. The minimum absolute atomic E-state index is 0.0355. The number of fused-ring (bicyclic) bond motifs is 1. The molecular weight excluding hydrogens is 630 g/mol. The number of pyridine rings is 1. The number of benzene rings is 3. The summed E-state index contributed by atoms with van der Waals surface area (Å²) in [5, 5.41) is 9.14. The molecule has 1 aliphatic carbocycles. The smallest absolute Gasteiger partial charge is 0.489 e. The van der Waals surface area contributed by atoms with Crippen molar-refractivity contribution in [3.05, 3.63) is 100 Å². The Morgan fingerprint density at radius 2 is 1.89 bits per heavy atom. The molecule has 3 N–H and O–H groups in total. The van der Waals surface area contributed by atoms with Crippen LogP contribution in [-0.2, 0) is 13.6 Å². The van der Waals surface area contributed by atoms with Crippen LogP contribution in [-0.4, -0.2) is 30.1 Å². The summed E-state index contributed by atoms with van der Waals surface area (Å²) in [5.41, 5.74) is 1.56. The van der Waals surface area contributed by atoms with Crippen molar-refractivity contribution in [1.82, 2.24) is 15.4 Å². The van der Waals surface area contributed by atoms with Gasteiger partial charge in [-0.25, -0.2) is 14.4 Å². The molecule has 2 heterocycles. The van der Waals surface area contributed by atoms with E-state index in [1.165, 1.54) is 19.4 Å². The minimum Gasteiger partial charge on any atom is -0.496 e. The average Bonchev–Trinajstić information content (AvgIpc) is 3.81. The molecule has 44 heavy (non-hydrogen) atoms. The first-order chi connectivity index (χ1) is 21.2. The van der Waals surface area contributed by atoms with Crippen molar-refractivity contribution in [2.75, 3.05) is 12.4 Å². The Labute approximate surface area is 262 Å². The highest BCUT2D eigenvalue weighted by Crippen LogP contribution is 2.52. The summed E-state index contributed by atoms with van der Waals surface area (Å²) in [7, 11) is -2.74. The van der Waals surface area contributed by atoms with Crippen LogP contribution in [0.25, 0.3) is 10.9 Å². The number of hydrogen-bond acceptors (Lipinski definition) is 8. The lowest BCUT2D eigenvalue weighted by Gasteiger charge is -2.26. The van der Waals surface area contributed by atoms with E-state index in [0.29, 0.717) is 38.7 Å². The van der Waals surface area contributed by atoms with Crippen molar-refractivity contribution in [3.63, 3.8) is 0 Å². The molecule has 1 fully saturated rings. The molecular formula is C30H25Cl2N4O7P. The maximum absolute atomic E-state index is 13.5. The van der Waals surface area contributed by atoms with Crippen molar-refractivity contribution in [2.24, 2.45) is 0 Å². The zero-order valence-corrected chi connectivity index (χ0v) is 25.5. The van der Waals surface area contributed by atoms with Crippen molar-refractivity contribution in [2.45, 2.75) is 25.0 Å². The Kier molecular flexibility index (Phi) is 8.38. The van der Waals surface area contributed by atoms with Crippen LogP contribution >= 0.6 is 30.9 Å². The Hall–Kier alpha value is -4.28. The van der Waals surface area contributed by atoms with E-state index in [2.05, 4.69) is 20.7 Å². The predicted octanol–water partition coefficient (Wildman–Crippen LogP) is 7.77. The molecule has 3 aromatic carbocycles. The molecule has 1 unspecified atom stereocenters. The summed E-state index contributed by atoms with van der Waals surface area (Å²) in [6.45, 7) is 0. The van der Waals surface area contributed by atoms with Gasteiger partial charge in [0.2, 0.25) is 0 Å². The van der Waals surface area contributed by atoms with E-state index in [9.17, 15) is 14.2 Å². The standard InChI is InChI=1S/C30H25Cl2N4O7P/c1-40-28-16-25-21(15-22(28)29(37)36-44(39)41-12-10-26(43-44)17-3-2-4-18(31)13-17)27(9-11-33-25)42-20-7-8-24(23(32)14-20)35-30(38)34-19-5-6-19/h2-4,7-16,19,26H,5-6H2,1H3,(H2,34,35,38)(H,36,37,39)/t26-,44?/m0/s1. The molecule has 1 saturated carbocycles. The number of carbonyl (C=O) groups excluding carboxylic acids is 2. The lowest BCUT2D eigenvalue weighted by molar-refractivity contribution is 0.0951. The van der Waals surface area contributed by atoms with Gasteiger partial charge < -0.3 is 24.6 Å². The number of hydrogen-bond donors (Lipinski definition) is 3. The van der Waals surface area contributed by atoms with Gasteiger partial charge in [-0.1, -0.05) is 35.3 Å². The first-order valence-corrected chi connectivity index (χ1v) is 15.7. The van der Waals surface area contributed by atoms with Gasteiger partial charge in [0, 0.05) is 34.8 Å². The second-order valence-corrected chi connectivity index (χ2v) is 12.4. The summed E-state index contributed by atoms with van der Waals surface area (Å²) >= 11 is 12.5. The molecule has 0 spiro atoms. The number of methoxy groups -OCH3 is 1. The van der Waals surface area contributed by atoms with E-state index in [1.807, 2.05) is 0 Å². The maximum Gasteiger partial charge on any atom is 0.489 e. The molecule has 2 atom stereocenters. The van der Waals surface area contributed by atoms with Crippen LogP contribution in [0.3, 0.4) is 0 Å². The lowest BCUT2D eigenvalue weighted by atomic mass is 10.1. The number of carbonyl (C=O) groups is 2. The lowest BCUT2D eigenvalue weighted by Crippen LogP contribution is -2.30. The van der Waals surface area contributed by atoms with Crippen molar-refractivity contribution in [3.8, 4) is 17.2 Å². The molecule has 2 aliphatic rings. The van der Waals surface area contributed by atoms with Crippen LogP contribution in [0.4, 0.5) is 10.5 Å². The van der Waals surface area contributed by atoms with E-state index in [-0.39, 0.29) is 28.4 Å². The summed E-state index contributed by atoms with van der Waals surface area (Å²) < 4.78 is 35.9. The fraction of sp³-hybridized carbons (Fsp3) is 0.167. The third-order valence-electron chi connectivity index (χ3n) is 6.72. The molecule has 0 saturated heterocycles. The molecule has 226 valence electrons. The summed E-state index contributed by atoms with van der Waals surface area (Å²) in [6.07, 6.45) is 5.47. The second-order valence-electron chi connectivity index (χ2n) is 9.95. The van der Waals surface area contributed by atoms with E-state index in [0.717, 1.165) is 12.8 Å². The number of ether oxygens (including phenoxy) is 2. The first-order valence-electron chi connectivity index (χ1n) is 13.4. The molecule has 0 radical (unpaired) electrons. The maximum atomic E-state index is 13.5. The zero-order chi connectivity index (χ0) is 30.8. The Bertz CT molecular complexity index is 1850. The van der Waals surface area contributed by atoms with Crippen molar-refractivity contribution >= 4 is 59.5 Å². The number of aromatic nitrogens is 1. The van der Waals surface area contributed by atoms with Gasteiger partial charge in [-0.3, -0.25) is 14.3 Å². The number of rotatable bonds is 8. The SMILES string of the molecule is COc1cc2nccc(Oc3ccc(NC(=O)NC4CC4)c(Cl)c3)c2cc1C(=O)NP1(=O)OC=C[C@@H](c2cccc(Cl)c2)O1. The zero-order valence-electron chi connectivity index (χ0n) is 23.1. The first kappa shape index (κ1) is 29.8. The van der Waals surface area contributed by atoms with Crippen LogP contribution in [0.5, 0.6) is 17.2 Å². The summed E-state index contributed by atoms with van der Waals surface area (Å²) in [5.74, 6) is 0.138. The van der Waals surface area contributed by atoms with Crippen LogP contribution in [0.1, 0.15) is 34.9 Å². The van der Waals surface area contributed by atoms with Crippen LogP contribution < -0.4 is 25.2 Å². The van der Waals surface area contributed by atoms with Crippen LogP contribution in [0.15, 0.2) is 79.2 Å². The number of nitrogens with zero attached hydrogens (tertiary/aromatic N) is 1. The van der Waals surface area contributed by atoms with Crippen LogP contribution in [0.2, 0.25) is 10.0 Å². The van der Waals surface area contributed by atoms with Gasteiger partial charge in [-0.2, -0.15) is 0 Å². The number of anilines is 1. The van der Waals surface area contributed by atoms with Gasteiger partial charge in [0.15, 0.2) is 0 Å². The number of amides is 3. The van der Waals surface area contributed by atoms with E-state index >= 15 is 0 Å². The van der Waals surface area contributed by atoms with Gasteiger partial charge in [0.05, 0.1) is 35.2 Å². The number of nitrogens with one attached hydrogen (secondary N) is 3. The van der Waals surface area contributed by atoms with Crippen molar-refractivity contribution < 1.29 is 32.7 Å². The molecule has 4 aromatic rings. The summed E-state index contributed by atoms with van der Waals surface area (Å²) in [4.78, 5) is 29.9. The van der Waals surface area contributed by atoms with Gasteiger partial charge in [0.1, 0.15) is 23.4 Å². The fourth-order valence-electron chi connectivity index (χ4n) is 4.43. The highest BCUT2D eigenvalue weighted by atomic mass is 35.5. The molecule has 14 heteroatoms. The van der Waals surface area contributed by atoms with Gasteiger partial charge >= 0.3 is 13.8 Å². The highest BCUT2D eigenvalue weighted by Gasteiger charge is 2.36. The van der Waals surface area contributed by atoms with E-state index in [1.54, 1.807) is 66.9 Å². The highest BCUT2D eigenvalue weighted by molar-refractivity contribution is 7.52. The van der Waals surface area contributed by atoms with Gasteiger partial charge in [-0.05, 0) is 60.9 Å². The molecule has 6 rings (SSSR count). The predicted molar refractivity (Wildman–Crippen MR) is 166 cm³/mol.